The molecule has 2 N–H and O–H groups in total. The minimum Gasteiger partial charge on any atom is -0.480 e. The average molecular weight is 285 g/mol. The zero-order valence-corrected chi connectivity index (χ0v) is 11.4. The number of aliphatic carboxylic acids is 1. The number of fused-ring (bicyclic) bond motifs is 1. The molecule has 6 nitrogen and oxygen atoms in total. The van der Waals surface area contributed by atoms with Crippen LogP contribution in [-0.2, 0) is 22.6 Å². The predicted molar refractivity (Wildman–Crippen MR) is 74.9 cm³/mol. The fourth-order valence-electron chi connectivity index (χ4n) is 2.20. The lowest BCUT2D eigenvalue weighted by atomic mass is 10.0. The lowest BCUT2D eigenvalue weighted by Gasteiger charge is -2.27. The highest BCUT2D eigenvalue weighted by atomic mass is 16.4. The highest BCUT2D eigenvalue weighted by molar-refractivity contribution is 5.98. The Morgan fingerprint density at radius 3 is 2.76 bits per heavy atom. The van der Waals surface area contributed by atoms with Gasteiger partial charge < -0.3 is 15.3 Å². The first-order valence-electron chi connectivity index (χ1n) is 6.53. The van der Waals surface area contributed by atoms with Crippen LogP contribution in [0.5, 0.6) is 0 Å². The predicted octanol–water partition coefficient (Wildman–Crippen LogP) is 0.653. The van der Waals surface area contributed by atoms with E-state index in [4.69, 9.17) is 10.4 Å². The number of carbonyl (C=O) groups excluding carboxylic acids is 1. The van der Waals surface area contributed by atoms with Crippen LogP contribution in [0.1, 0.15) is 11.1 Å². The van der Waals surface area contributed by atoms with Crippen molar-refractivity contribution < 1.29 is 14.7 Å². The summed E-state index contributed by atoms with van der Waals surface area (Å²) in [4.78, 5) is 24.0. The van der Waals surface area contributed by atoms with Crippen molar-refractivity contribution >= 4 is 11.9 Å². The van der Waals surface area contributed by atoms with Gasteiger partial charge in [-0.2, -0.15) is 5.26 Å². The number of nitrogens with zero attached hydrogens (tertiary/aromatic N) is 2. The van der Waals surface area contributed by atoms with Gasteiger partial charge in [0.15, 0.2) is 0 Å². The largest absolute Gasteiger partial charge is 0.480 e. The van der Waals surface area contributed by atoms with Crippen molar-refractivity contribution in [3.8, 4) is 6.07 Å². The first-order valence-corrected chi connectivity index (χ1v) is 6.53. The van der Waals surface area contributed by atoms with Gasteiger partial charge in [0.25, 0.3) is 5.91 Å². The molecule has 0 unspecified atom stereocenters. The number of carboxylic acid groups (broad SMARTS) is 1. The monoisotopic (exact) mass is 285 g/mol. The molecule has 6 heteroatoms. The molecular weight excluding hydrogens is 270 g/mol. The average Bonchev–Trinajstić information content (AvgIpc) is 2.50. The number of amides is 1. The number of carbonyl (C=O) groups is 2. The summed E-state index contributed by atoms with van der Waals surface area (Å²) in [6.45, 7) is 0.850. The van der Waals surface area contributed by atoms with Crippen LogP contribution >= 0.6 is 0 Å². The number of carboxylic acids is 1. The summed E-state index contributed by atoms with van der Waals surface area (Å²) < 4.78 is 0. The van der Waals surface area contributed by atoms with Gasteiger partial charge >= 0.3 is 5.97 Å². The second-order valence-corrected chi connectivity index (χ2v) is 4.72. The summed E-state index contributed by atoms with van der Waals surface area (Å²) in [5, 5.41) is 19.7. The van der Waals surface area contributed by atoms with E-state index in [0.29, 0.717) is 13.1 Å². The number of hydrogen-bond acceptors (Lipinski definition) is 4. The van der Waals surface area contributed by atoms with Gasteiger partial charge in [-0.15, -0.1) is 0 Å². The molecule has 0 atom stereocenters. The summed E-state index contributed by atoms with van der Waals surface area (Å²) in [6, 6.07) is 9.85. The van der Waals surface area contributed by atoms with Crippen molar-refractivity contribution in [2.45, 2.75) is 13.0 Å². The molecule has 1 aromatic carbocycles. The highest BCUT2D eigenvalue weighted by Crippen LogP contribution is 2.19. The summed E-state index contributed by atoms with van der Waals surface area (Å²) in [6.07, 6.45) is 2.34. The standard InChI is InChI=1S/C15H15N3O3/c16-7-13(15(21)17-8-14(19)20)10-18-6-5-11-3-1-2-4-12(11)9-18/h1-4,10H,5-6,8-9H2,(H,17,21)(H,19,20)/b13-10-. The molecule has 0 saturated heterocycles. The summed E-state index contributed by atoms with van der Waals surface area (Å²) in [5.41, 5.74) is 2.36. The SMILES string of the molecule is N#C/C(=C/N1CCc2ccccc2C1)C(=O)NCC(=O)O. The zero-order valence-electron chi connectivity index (χ0n) is 11.4. The highest BCUT2D eigenvalue weighted by Gasteiger charge is 2.16. The molecule has 108 valence electrons. The Kier molecular flexibility index (Phi) is 4.57. The van der Waals surface area contributed by atoms with Crippen LogP contribution in [0.2, 0.25) is 0 Å². The van der Waals surface area contributed by atoms with E-state index < -0.39 is 18.4 Å². The molecule has 2 rings (SSSR count). The fraction of sp³-hybridized carbons (Fsp3) is 0.267. The summed E-state index contributed by atoms with van der Waals surface area (Å²) in [5.74, 6) is -1.81. The van der Waals surface area contributed by atoms with Gasteiger partial charge in [-0.05, 0) is 17.5 Å². The molecule has 1 aromatic rings. The molecule has 21 heavy (non-hydrogen) atoms. The van der Waals surface area contributed by atoms with Gasteiger partial charge in [0.1, 0.15) is 18.2 Å². The van der Waals surface area contributed by atoms with Gasteiger partial charge in [-0.25, -0.2) is 0 Å². The number of hydrogen-bond donors (Lipinski definition) is 2. The Bertz CT molecular complexity index is 631. The number of nitriles is 1. The summed E-state index contributed by atoms with van der Waals surface area (Å²) in [7, 11) is 0. The van der Waals surface area contributed by atoms with Crippen LogP contribution in [0, 0.1) is 11.3 Å². The Labute approximate surface area is 122 Å². The molecule has 1 amide bonds. The zero-order chi connectivity index (χ0) is 15.2. The Balaban J connectivity index is 2.06. The number of benzene rings is 1. The third-order valence-corrected chi connectivity index (χ3v) is 3.24. The second-order valence-electron chi connectivity index (χ2n) is 4.72. The van der Waals surface area contributed by atoms with Crippen LogP contribution in [0.4, 0.5) is 0 Å². The maximum absolute atomic E-state index is 11.7. The van der Waals surface area contributed by atoms with E-state index in [2.05, 4.69) is 11.4 Å². The van der Waals surface area contributed by atoms with E-state index in [1.54, 1.807) is 0 Å². The molecule has 0 fully saturated rings. The molecule has 0 aliphatic carbocycles. The van der Waals surface area contributed by atoms with Gasteiger partial charge in [0, 0.05) is 19.3 Å². The van der Waals surface area contributed by atoms with Crippen LogP contribution in [0.3, 0.4) is 0 Å². The molecule has 0 radical (unpaired) electrons. The smallest absolute Gasteiger partial charge is 0.322 e. The van der Waals surface area contributed by atoms with Crippen molar-refractivity contribution in [3.05, 3.63) is 47.2 Å². The van der Waals surface area contributed by atoms with Crippen LogP contribution in [0.15, 0.2) is 36.0 Å². The Hall–Kier alpha value is -2.81. The molecule has 1 aliphatic rings. The van der Waals surface area contributed by atoms with Crippen LogP contribution in [-0.4, -0.2) is 35.0 Å². The quantitative estimate of drug-likeness (QED) is 0.626. The minimum atomic E-state index is -1.15. The van der Waals surface area contributed by atoms with Crippen molar-refractivity contribution in [2.75, 3.05) is 13.1 Å². The fourth-order valence-corrected chi connectivity index (χ4v) is 2.20. The second kappa shape index (κ2) is 6.57. The first kappa shape index (κ1) is 14.6. The Morgan fingerprint density at radius 2 is 2.10 bits per heavy atom. The van der Waals surface area contributed by atoms with Crippen LogP contribution in [0.25, 0.3) is 0 Å². The van der Waals surface area contributed by atoms with E-state index >= 15 is 0 Å². The van der Waals surface area contributed by atoms with Crippen LogP contribution < -0.4 is 5.32 Å². The molecule has 0 saturated carbocycles. The summed E-state index contributed by atoms with van der Waals surface area (Å²) >= 11 is 0. The minimum absolute atomic E-state index is 0.0874. The molecular formula is C15H15N3O3. The van der Waals surface area contributed by atoms with E-state index in [0.717, 1.165) is 6.42 Å². The maximum atomic E-state index is 11.7. The lowest BCUT2D eigenvalue weighted by Crippen LogP contribution is -2.32. The first-order chi connectivity index (χ1) is 10.1. The Morgan fingerprint density at radius 1 is 1.38 bits per heavy atom. The van der Waals surface area contributed by atoms with Crippen molar-refractivity contribution in [1.29, 1.82) is 5.26 Å². The molecule has 0 aromatic heterocycles. The molecule has 1 aliphatic heterocycles. The third-order valence-electron chi connectivity index (χ3n) is 3.24. The van der Waals surface area contributed by atoms with Crippen molar-refractivity contribution in [1.82, 2.24) is 10.2 Å². The number of rotatable bonds is 4. The van der Waals surface area contributed by atoms with E-state index in [1.807, 2.05) is 29.2 Å². The lowest BCUT2D eigenvalue weighted by molar-refractivity contribution is -0.137. The number of nitrogens with one attached hydrogen (secondary N) is 1. The normalized spacial score (nSPS) is 14.0. The van der Waals surface area contributed by atoms with Gasteiger partial charge in [0.05, 0.1) is 0 Å². The molecule has 1 heterocycles. The third kappa shape index (κ3) is 3.83. The van der Waals surface area contributed by atoms with E-state index in [-0.39, 0.29) is 5.57 Å². The van der Waals surface area contributed by atoms with Gasteiger partial charge in [-0.1, -0.05) is 24.3 Å². The van der Waals surface area contributed by atoms with Gasteiger partial charge in [-0.3, -0.25) is 9.59 Å². The molecule has 0 bridgehead atoms. The van der Waals surface area contributed by atoms with E-state index in [1.165, 1.54) is 17.3 Å². The topological polar surface area (TPSA) is 93.4 Å². The molecule has 0 spiro atoms. The van der Waals surface area contributed by atoms with E-state index in [9.17, 15) is 9.59 Å². The maximum Gasteiger partial charge on any atom is 0.322 e. The van der Waals surface area contributed by atoms with Crippen molar-refractivity contribution in [3.63, 3.8) is 0 Å². The van der Waals surface area contributed by atoms with Gasteiger partial charge in [0.2, 0.25) is 0 Å². The van der Waals surface area contributed by atoms with Crippen molar-refractivity contribution in [2.24, 2.45) is 0 Å².